The van der Waals surface area contributed by atoms with Crippen molar-refractivity contribution in [1.82, 2.24) is 4.98 Å². The van der Waals surface area contributed by atoms with Gasteiger partial charge in [0.05, 0.1) is 18.8 Å². The van der Waals surface area contributed by atoms with Gasteiger partial charge in [-0.15, -0.1) is 0 Å². The van der Waals surface area contributed by atoms with E-state index in [0.717, 1.165) is 17.7 Å². The first kappa shape index (κ1) is 11.5. The predicted molar refractivity (Wildman–Crippen MR) is 58.9 cm³/mol. The van der Waals surface area contributed by atoms with Crippen molar-refractivity contribution in [1.29, 1.82) is 0 Å². The van der Waals surface area contributed by atoms with Crippen molar-refractivity contribution in [3.8, 4) is 0 Å². The van der Waals surface area contributed by atoms with Gasteiger partial charge in [0, 0.05) is 18.3 Å². The Balaban J connectivity index is 2.08. The average molecular weight is 223 g/mol. The minimum absolute atomic E-state index is 0.141. The summed E-state index contributed by atoms with van der Waals surface area (Å²) in [4.78, 5) is 4.29. The Labute approximate surface area is 94.9 Å². The molecule has 4 nitrogen and oxygen atoms in total. The van der Waals surface area contributed by atoms with Crippen molar-refractivity contribution in [3.05, 3.63) is 29.6 Å². The molecule has 1 saturated heterocycles. The van der Waals surface area contributed by atoms with E-state index < -0.39 is 12.2 Å². The molecular weight excluding hydrogens is 206 g/mol. The van der Waals surface area contributed by atoms with Crippen LogP contribution in [0.3, 0.4) is 0 Å². The molecule has 1 aromatic rings. The van der Waals surface area contributed by atoms with Gasteiger partial charge in [-0.1, -0.05) is 13.0 Å². The van der Waals surface area contributed by atoms with Crippen LogP contribution in [-0.4, -0.2) is 34.0 Å². The van der Waals surface area contributed by atoms with Crippen LogP contribution in [0.5, 0.6) is 0 Å². The van der Waals surface area contributed by atoms with Crippen LogP contribution in [0.25, 0.3) is 0 Å². The first-order chi connectivity index (χ1) is 7.74. The SMILES string of the molecule is CCc1ccc([C@H]2C[C@H](O)[C@@H](CO)O2)cn1. The third kappa shape index (κ3) is 2.24. The van der Waals surface area contributed by atoms with Crippen LogP contribution >= 0.6 is 0 Å². The summed E-state index contributed by atoms with van der Waals surface area (Å²) in [6, 6.07) is 3.94. The van der Waals surface area contributed by atoms with Crippen molar-refractivity contribution in [2.24, 2.45) is 0 Å². The molecule has 0 aliphatic carbocycles. The van der Waals surface area contributed by atoms with E-state index in [1.807, 2.05) is 12.1 Å². The van der Waals surface area contributed by atoms with Gasteiger partial charge in [-0.3, -0.25) is 4.98 Å². The second-order valence-electron chi connectivity index (χ2n) is 4.09. The number of aliphatic hydroxyl groups excluding tert-OH is 2. The lowest BCUT2D eigenvalue weighted by atomic mass is 10.1. The van der Waals surface area contributed by atoms with Gasteiger partial charge in [-0.25, -0.2) is 0 Å². The maximum atomic E-state index is 9.62. The van der Waals surface area contributed by atoms with Crippen molar-refractivity contribution < 1.29 is 14.9 Å². The molecule has 1 fully saturated rings. The molecule has 0 saturated carbocycles. The molecule has 88 valence electrons. The smallest absolute Gasteiger partial charge is 0.107 e. The lowest BCUT2D eigenvalue weighted by Crippen LogP contribution is -2.24. The van der Waals surface area contributed by atoms with Crippen LogP contribution < -0.4 is 0 Å². The van der Waals surface area contributed by atoms with E-state index in [-0.39, 0.29) is 12.7 Å². The summed E-state index contributed by atoms with van der Waals surface area (Å²) in [5.74, 6) is 0. The molecule has 2 N–H and O–H groups in total. The fourth-order valence-corrected chi connectivity index (χ4v) is 1.94. The summed E-state index contributed by atoms with van der Waals surface area (Å²) in [5, 5.41) is 18.6. The van der Waals surface area contributed by atoms with E-state index in [4.69, 9.17) is 9.84 Å². The number of aryl methyl sites for hydroxylation is 1. The third-order valence-electron chi connectivity index (χ3n) is 2.99. The molecule has 0 amide bonds. The fraction of sp³-hybridized carbons (Fsp3) is 0.583. The van der Waals surface area contributed by atoms with Gasteiger partial charge < -0.3 is 14.9 Å². The molecule has 1 aliphatic heterocycles. The summed E-state index contributed by atoms with van der Waals surface area (Å²) < 4.78 is 5.54. The minimum Gasteiger partial charge on any atom is -0.394 e. The zero-order valence-corrected chi connectivity index (χ0v) is 9.34. The molecule has 0 aromatic carbocycles. The van der Waals surface area contributed by atoms with E-state index in [2.05, 4.69) is 11.9 Å². The summed E-state index contributed by atoms with van der Waals surface area (Å²) in [6.07, 6.45) is 2.03. The quantitative estimate of drug-likeness (QED) is 0.796. The standard InChI is InChI=1S/C12H17NO3/c1-2-9-4-3-8(6-13-9)11-5-10(15)12(7-14)16-11/h3-4,6,10-12,14-15H,2,5,7H2,1H3/t10-,11+,12+/m0/s1. The number of rotatable bonds is 3. The second kappa shape index (κ2) is 4.91. The number of aliphatic hydroxyl groups is 2. The normalized spacial score (nSPS) is 29.6. The Morgan fingerprint density at radius 3 is 2.81 bits per heavy atom. The Hall–Kier alpha value is -0.970. The number of pyridine rings is 1. The van der Waals surface area contributed by atoms with Gasteiger partial charge in [0.2, 0.25) is 0 Å². The molecule has 16 heavy (non-hydrogen) atoms. The molecule has 0 bridgehead atoms. The van der Waals surface area contributed by atoms with Gasteiger partial charge in [-0.05, 0) is 18.1 Å². The lowest BCUT2D eigenvalue weighted by molar-refractivity contribution is -0.0226. The number of ether oxygens (including phenoxy) is 1. The summed E-state index contributed by atoms with van der Waals surface area (Å²) in [7, 11) is 0. The maximum absolute atomic E-state index is 9.62. The average Bonchev–Trinajstić information content (AvgIpc) is 2.71. The zero-order valence-electron chi connectivity index (χ0n) is 9.34. The second-order valence-corrected chi connectivity index (χ2v) is 4.09. The Kier molecular flexibility index (Phi) is 3.53. The number of aromatic nitrogens is 1. The molecule has 0 radical (unpaired) electrons. The van der Waals surface area contributed by atoms with Crippen molar-refractivity contribution in [2.45, 2.75) is 38.1 Å². The predicted octanol–water partition coefficient (Wildman–Crippen LogP) is 0.827. The molecule has 4 heteroatoms. The Morgan fingerprint density at radius 1 is 1.50 bits per heavy atom. The minimum atomic E-state index is -0.583. The molecule has 1 aromatic heterocycles. The Morgan fingerprint density at radius 2 is 2.31 bits per heavy atom. The van der Waals surface area contributed by atoms with Gasteiger partial charge in [-0.2, -0.15) is 0 Å². The highest BCUT2D eigenvalue weighted by Gasteiger charge is 2.34. The fourth-order valence-electron chi connectivity index (χ4n) is 1.94. The van der Waals surface area contributed by atoms with Crippen LogP contribution in [0.15, 0.2) is 18.3 Å². The summed E-state index contributed by atoms with van der Waals surface area (Å²) in [5.41, 5.74) is 2.01. The van der Waals surface area contributed by atoms with Gasteiger partial charge >= 0.3 is 0 Å². The van der Waals surface area contributed by atoms with E-state index in [9.17, 15) is 5.11 Å². The molecular formula is C12H17NO3. The highest BCUT2D eigenvalue weighted by molar-refractivity contribution is 5.18. The monoisotopic (exact) mass is 223 g/mol. The van der Waals surface area contributed by atoms with E-state index in [0.29, 0.717) is 6.42 Å². The molecule has 1 aliphatic rings. The molecule has 2 rings (SSSR count). The van der Waals surface area contributed by atoms with E-state index in [1.165, 1.54) is 0 Å². The van der Waals surface area contributed by atoms with Crippen LogP contribution in [0, 0.1) is 0 Å². The number of nitrogens with zero attached hydrogens (tertiary/aromatic N) is 1. The van der Waals surface area contributed by atoms with Crippen LogP contribution in [-0.2, 0) is 11.2 Å². The lowest BCUT2D eigenvalue weighted by Gasteiger charge is -2.12. The van der Waals surface area contributed by atoms with Crippen molar-refractivity contribution in [3.63, 3.8) is 0 Å². The topological polar surface area (TPSA) is 62.6 Å². The van der Waals surface area contributed by atoms with Crippen LogP contribution in [0.4, 0.5) is 0 Å². The van der Waals surface area contributed by atoms with Crippen molar-refractivity contribution >= 4 is 0 Å². The van der Waals surface area contributed by atoms with Crippen molar-refractivity contribution in [2.75, 3.05) is 6.61 Å². The van der Waals surface area contributed by atoms with Crippen LogP contribution in [0.1, 0.15) is 30.7 Å². The maximum Gasteiger partial charge on any atom is 0.107 e. The highest BCUT2D eigenvalue weighted by atomic mass is 16.5. The van der Waals surface area contributed by atoms with Crippen LogP contribution in [0.2, 0.25) is 0 Å². The Bertz CT molecular complexity index is 339. The molecule has 0 spiro atoms. The first-order valence-corrected chi connectivity index (χ1v) is 5.63. The highest BCUT2D eigenvalue weighted by Crippen LogP contribution is 2.32. The third-order valence-corrected chi connectivity index (χ3v) is 2.99. The largest absolute Gasteiger partial charge is 0.394 e. The molecule has 2 heterocycles. The van der Waals surface area contributed by atoms with Gasteiger partial charge in [0.25, 0.3) is 0 Å². The van der Waals surface area contributed by atoms with Gasteiger partial charge in [0.1, 0.15) is 6.10 Å². The van der Waals surface area contributed by atoms with E-state index in [1.54, 1.807) is 6.20 Å². The molecule has 0 unspecified atom stereocenters. The summed E-state index contributed by atoms with van der Waals surface area (Å²) in [6.45, 7) is 1.91. The van der Waals surface area contributed by atoms with Gasteiger partial charge in [0.15, 0.2) is 0 Å². The molecule has 3 atom stereocenters. The number of hydrogen-bond donors (Lipinski definition) is 2. The summed E-state index contributed by atoms with van der Waals surface area (Å²) >= 11 is 0. The van der Waals surface area contributed by atoms with E-state index >= 15 is 0 Å². The zero-order chi connectivity index (χ0) is 11.5. The number of hydrogen-bond acceptors (Lipinski definition) is 4. The first-order valence-electron chi connectivity index (χ1n) is 5.63.